The summed E-state index contributed by atoms with van der Waals surface area (Å²) >= 11 is 11.1. The fraction of sp³-hybridized carbons (Fsp3) is 0. The van der Waals surface area contributed by atoms with Gasteiger partial charge >= 0.3 is 0 Å². The predicted octanol–water partition coefficient (Wildman–Crippen LogP) is 2.26. The summed E-state index contributed by atoms with van der Waals surface area (Å²) in [5, 5.41) is 8.80. The highest BCUT2D eigenvalue weighted by Crippen LogP contribution is 2.21. The maximum atomic E-state index is 8.42. The summed E-state index contributed by atoms with van der Waals surface area (Å²) in [6, 6.07) is 3.39. The summed E-state index contributed by atoms with van der Waals surface area (Å²) in [5.74, 6) is 0. The molecule has 4 heteroatoms. The first-order chi connectivity index (χ1) is 4.75. The van der Waals surface area contributed by atoms with Gasteiger partial charge in [0.1, 0.15) is 11.2 Å². The lowest BCUT2D eigenvalue weighted by Gasteiger charge is -1.93. The van der Waals surface area contributed by atoms with E-state index in [1.807, 2.05) is 6.07 Å². The van der Waals surface area contributed by atoms with Gasteiger partial charge in [-0.15, -0.1) is 0 Å². The Labute approximate surface area is 68.0 Å². The van der Waals surface area contributed by atoms with Gasteiger partial charge in [-0.1, -0.05) is 23.2 Å². The molecule has 0 aliphatic heterocycles. The standard InChI is InChI=1S/C6H2Cl2N2/c7-5-4(3-9)1-2-10-6(5)8/h1-2H. The Morgan fingerprint density at radius 2 is 2.20 bits per heavy atom. The number of nitriles is 1. The summed E-state index contributed by atoms with van der Waals surface area (Å²) < 4.78 is 0. The molecular formula is C6H2Cl2N2. The molecule has 1 heterocycles. The lowest BCUT2D eigenvalue weighted by atomic mass is 10.3. The molecule has 0 aromatic carbocycles. The molecule has 0 saturated heterocycles. The van der Waals surface area contributed by atoms with Crippen molar-refractivity contribution in [2.45, 2.75) is 0 Å². The average Bonchev–Trinajstić information content (AvgIpc) is 1.95. The minimum Gasteiger partial charge on any atom is -0.243 e. The monoisotopic (exact) mass is 172 g/mol. The number of hydrogen-bond acceptors (Lipinski definition) is 2. The summed E-state index contributed by atoms with van der Waals surface area (Å²) in [6.45, 7) is 0. The fourth-order valence-corrected chi connectivity index (χ4v) is 0.817. The molecule has 0 fully saturated rings. The molecule has 0 N–H and O–H groups in total. The van der Waals surface area contributed by atoms with E-state index in [4.69, 9.17) is 28.5 Å². The molecule has 0 aliphatic carbocycles. The third-order valence-electron chi connectivity index (χ3n) is 0.967. The maximum Gasteiger partial charge on any atom is 0.148 e. The first-order valence-electron chi connectivity index (χ1n) is 2.46. The van der Waals surface area contributed by atoms with Crippen molar-refractivity contribution in [3.05, 3.63) is 28.0 Å². The fourth-order valence-electron chi connectivity index (χ4n) is 0.505. The summed E-state index contributed by atoms with van der Waals surface area (Å²) in [4.78, 5) is 3.67. The van der Waals surface area contributed by atoms with Crippen molar-refractivity contribution in [1.82, 2.24) is 4.98 Å². The van der Waals surface area contributed by atoms with E-state index in [0.717, 1.165) is 0 Å². The SMILES string of the molecule is N#Cc1ccnc(Cl)c1Cl. The van der Waals surface area contributed by atoms with Crippen molar-refractivity contribution in [2.24, 2.45) is 0 Å². The van der Waals surface area contributed by atoms with E-state index in [2.05, 4.69) is 4.98 Å². The van der Waals surface area contributed by atoms with Gasteiger partial charge in [-0.3, -0.25) is 0 Å². The van der Waals surface area contributed by atoms with Crippen molar-refractivity contribution < 1.29 is 0 Å². The highest BCUT2D eigenvalue weighted by atomic mass is 35.5. The third-order valence-corrected chi connectivity index (χ3v) is 1.73. The third kappa shape index (κ3) is 1.21. The molecule has 1 aromatic heterocycles. The zero-order chi connectivity index (χ0) is 7.56. The van der Waals surface area contributed by atoms with Gasteiger partial charge in [0.15, 0.2) is 0 Å². The quantitative estimate of drug-likeness (QED) is 0.564. The minimum absolute atomic E-state index is 0.167. The van der Waals surface area contributed by atoms with E-state index in [1.54, 1.807) is 0 Å². The van der Waals surface area contributed by atoms with Crippen molar-refractivity contribution in [2.75, 3.05) is 0 Å². The van der Waals surface area contributed by atoms with Crippen LogP contribution >= 0.6 is 23.2 Å². The van der Waals surface area contributed by atoms with Gasteiger partial charge in [-0.25, -0.2) is 4.98 Å². The van der Waals surface area contributed by atoms with E-state index < -0.39 is 0 Å². The Kier molecular flexibility index (Phi) is 2.10. The van der Waals surface area contributed by atoms with Crippen LogP contribution in [0.1, 0.15) is 5.56 Å². The first kappa shape index (κ1) is 7.33. The zero-order valence-electron chi connectivity index (χ0n) is 4.81. The Bertz CT molecular complexity index is 290. The molecule has 0 saturated carbocycles. The average molecular weight is 173 g/mol. The van der Waals surface area contributed by atoms with Crippen molar-refractivity contribution >= 4 is 23.2 Å². The zero-order valence-corrected chi connectivity index (χ0v) is 6.32. The molecule has 0 atom stereocenters. The van der Waals surface area contributed by atoms with E-state index in [0.29, 0.717) is 5.56 Å². The van der Waals surface area contributed by atoms with E-state index >= 15 is 0 Å². The van der Waals surface area contributed by atoms with Gasteiger partial charge in [0.25, 0.3) is 0 Å². The normalized spacial score (nSPS) is 8.90. The van der Waals surface area contributed by atoms with Crippen LogP contribution in [0.25, 0.3) is 0 Å². The highest BCUT2D eigenvalue weighted by Gasteiger charge is 2.02. The highest BCUT2D eigenvalue weighted by molar-refractivity contribution is 6.41. The maximum absolute atomic E-state index is 8.42. The van der Waals surface area contributed by atoms with E-state index in [9.17, 15) is 0 Å². The van der Waals surface area contributed by atoms with Gasteiger partial charge in [0.05, 0.1) is 10.6 Å². The van der Waals surface area contributed by atoms with Gasteiger partial charge in [-0.2, -0.15) is 5.26 Å². The van der Waals surface area contributed by atoms with Crippen LogP contribution < -0.4 is 0 Å². The lowest BCUT2D eigenvalue weighted by Crippen LogP contribution is -1.80. The summed E-state index contributed by atoms with van der Waals surface area (Å²) in [6.07, 6.45) is 1.44. The second kappa shape index (κ2) is 2.87. The van der Waals surface area contributed by atoms with Crippen molar-refractivity contribution in [1.29, 1.82) is 5.26 Å². The predicted molar refractivity (Wildman–Crippen MR) is 39.0 cm³/mol. The van der Waals surface area contributed by atoms with Gasteiger partial charge in [0.2, 0.25) is 0 Å². The van der Waals surface area contributed by atoms with Crippen LogP contribution in [0.2, 0.25) is 10.2 Å². The number of halogens is 2. The molecule has 0 amide bonds. The summed E-state index contributed by atoms with van der Waals surface area (Å²) in [5.41, 5.74) is 0.349. The molecule has 0 unspecified atom stereocenters. The van der Waals surface area contributed by atoms with Crippen LogP contribution in [-0.2, 0) is 0 Å². The molecule has 50 valence electrons. The van der Waals surface area contributed by atoms with E-state index in [-0.39, 0.29) is 10.2 Å². The number of hydrogen-bond donors (Lipinski definition) is 0. The Morgan fingerprint density at radius 1 is 1.50 bits per heavy atom. The second-order valence-corrected chi connectivity index (χ2v) is 2.31. The van der Waals surface area contributed by atoms with Crippen LogP contribution in [0.15, 0.2) is 12.3 Å². The van der Waals surface area contributed by atoms with Crippen LogP contribution in [0.4, 0.5) is 0 Å². The largest absolute Gasteiger partial charge is 0.243 e. The minimum atomic E-state index is 0.167. The molecule has 0 aliphatic rings. The molecular weight excluding hydrogens is 171 g/mol. The van der Waals surface area contributed by atoms with Crippen LogP contribution in [0.5, 0.6) is 0 Å². The number of pyridine rings is 1. The smallest absolute Gasteiger partial charge is 0.148 e. The Balaban J connectivity index is 3.31. The molecule has 0 bridgehead atoms. The Hall–Kier alpha value is -0.780. The molecule has 2 nitrogen and oxygen atoms in total. The second-order valence-electron chi connectivity index (χ2n) is 1.58. The number of nitrogens with zero attached hydrogens (tertiary/aromatic N) is 2. The first-order valence-corrected chi connectivity index (χ1v) is 3.21. The van der Waals surface area contributed by atoms with Gasteiger partial charge in [0, 0.05) is 6.20 Å². The molecule has 10 heavy (non-hydrogen) atoms. The van der Waals surface area contributed by atoms with Gasteiger partial charge in [-0.05, 0) is 6.07 Å². The van der Waals surface area contributed by atoms with Gasteiger partial charge < -0.3 is 0 Å². The van der Waals surface area contributed by atoms with Crippen molar-refractivity contribution in [3.8, 4) is 6.07 Å². The van der Waals surface area contributed by atoms with Crippen LogP contribution in [0, 0.1) is 11.3 Å². The molecule has 0 radical (unpaired) electrons. The molecule has 1 aromatic rings. The topological polar surface area (TPSA) is 36.7 Å². The number of aromatic nitrogens is 1. The summed E-state index contributed by atoms with van der Waals surface area (Å²) in [7, 11) is 0. The Morgan fingerprint density at radius 3 is 2.70 bits per heavy atom. The van der Waals surface area contributed by atoms with Crippen molar-refractivity contribution in [3.63, 3.8) is 0 Å². The number of rotatable bonds is 0. The van der Waals surface area contributed by atoms with Crippen LogP contribution in [-0.4, -0.2) is 4.98 Å². The van der Waals surface area contributed by atoms with Crippen LogP contribution in [0.3, 0.4) is 0 Å². The molecule has 0 spiro atoms. The molecule has 1 rings (SSSR count). The lowest BCUT2D eigenvalue weighted by molar-refractivity contribution is 1.31. The van der Waals surface area contributed by atoms with E-state index in [1.165, 1.54) is 12.3 Å².